The summed E-state index contributed by atoms with van der Waals surface area (Å²) in [6, 6.07) is 11.5. The van der Waals surface area contributed by atoms with Gasteiger partial charge in [-0.1, -0.05) is 35.9 Å². The second-order valence-corrected chi connectivity index (χ2v) is 6.64. The monoisotopic (exact) mass is 411 g/mol. The summed E-state index contributed by atoms with van der Waals surface area (Å²) in [4.78, 5) is 0. The highest BCUT2D eigenvalue weighted by Gasteiger charge is 2.30. The summed E-state index contributed by atoms with van der Waals surface area (Å²) < 4.78 is 39.4. The average molecular weight is 412 g/mol. The van der Waals surface area contributed by atoms with Crippen molar-refractivity contribution in [2.75, 3.05) is 0 Å². The van der Waals surface area contributed by atoms with Gasteiger partial charge in [0.05, 0.1) is 5.56 Å². The van der Waals surface area contributed by atoms with E-state index in [1.54, 1.807) is 24.3 Å². The molecule has 3 N–H and O–H groups in total. The highest BCUT2D eigenvalue weighted by molar-refractivity contribution is 7.80. The molecule has 0 amide bonds. The van der Waals surface area contributed by atoms with Gasteiger partial charge < -0.3 is 10.8 Å². The van der Waals surface area contributed by atoms with Crippen molar-refractivity contribution in [1.29, 1.82) is 0 Å². The van der Waals surface area contributed by atoms with Crippen LogP contribution in [0, 0.1) is 0 Å². The Morgan fingerprint density at radius 1 is 1.19 bits per heavy atom. The lowest BCUT2D eigenvalue weighted by atomic mass is 10.0. The highest BCUT2D eigenvalue weighted by atomic mass is 35.5. The summed E-state index contributed by atoms with van der Waals surface area (Å²) in [5.74, 6) is -0.266. The molecule has 0 spiro atoms. The summed E-state index contributed by atoms with van der Waals surface area (Å²) in [7, 11) is 0. The van der Waals surface area contributed by atoms with Crippen molar-refractivity contribution in [3.8, 4) is 17.1 Å². The number of halogens is 4. The van der Waals surface area contributed by atoms with Gasteiger partial charge in [-0.15, -0.1) is 0 Å². The van der Waals surface area contributed by atoms with E-state index in [9.17, 15) is 18.3 Å². The molecule has 0 aliphatic heterocycles. The van der Waals surface area contributed by atoms with Gasteiger partial charge in [-0.25, -0.2) is 0 Å². The molecule has 140 valence electrons. The van der Waals surface area contributed by atoms with Crippen molar-refractivity contribution in [1.82, 2.24) is 9.78 Å². The minimum absolute atomic E-state index is 0.182. The number of thiocarbonyl (C=S) groups is 1. The standard InChI is InChI=1S/C18H13ClF3N3OS/c19-13-3-1-2-10(8-13)9-14-15(24-25(16(14)26)17(23)27)11-4-6-12(7-5-11)18(20,21)22/h1-8,26H,9H2,(H2,23,27). The molecule has 0 aliphatic rings. The lowest BCUT2D eigenvalue weighted by Crippen LogP contribution is -2.20. The van der Waals surface area contributed by atoms with Gasteiger partial charge >= 0.3 is 6.18 Å². The fraction of sp³-hybridized carbons (Fsp3) is 0.111. The van der Waals surface area contributed by atoms with Gasteiger partial charge in [0, 0.05) is 22.6 Å². The first kappa shape index (κ1) is 19.2. The summed E-state index contributed by atoms with van der Waals surface area (Å²) in [6.07, 6.45) is -4.20. The van der Waals surface area contributed by atoms with Crippen molar-refractivity contribution in [3.05, 3.63) is 70.2 Å². The quantitative estimate of drug-likeness (QED) is 0.618. The van der Waals surface area contributed by atoms with Crippen LogP contribution in [0.3, 0.4) is 0 Å². The van der Waals surface area contributed by atoms with E-state index in [2.05, 4.69) is 5.10 Å². The number of nitrogens with zero attached hydrogens (tertiary/aromatic N) is 2. The van der Waals surface area contributed by atoms with Crippen molar-refractivity contribution in [2.45, 2.75) is 12.6 Å². The molecule has 0 aliphatic carbocycles. The summed E-state index contributed by atoms with van der Waals surface area (Å²) in [5, 5.41) is 15.0. The molecule has 0 saturated carbocycles. The van der Waals surface area contributed by atoms with Crippen molar-refractivity contribution in [2.24, 2.45) is 5.73 Å². The Labute approximate surface area is 163 Å². The van der Waals surface area contributed by atoms with E-state index in [0.29, 0.717) is 16.1 Å². The lowest BCUT2D eigenvalue weighted by molar-refractivity contribution is -0.137. The Balaban J connectivity index is 2.09. The second-order valence-electron chi connectivity index (χ2n) is 5.78. The zero-order valence-corrected chi connectivity index (χ0v) is 15.2. The normalized spacial score (nSPS) is 11.6. The van der Waals surface area contributed by atoms with E-state index in [-0.39, 0.29) is 23.1 Å². The van der Waals surface area contributed by atoms with Crippen LogP contribution in [0.5, 0.6) is 5.88 Å². The first-order chi connectivity index (χ1) is 12.7. The van der Waals surface area contributed by atoms with Crippen LogP contribution >= 0.6 is 23.8 Å². The molecule has 0 saturated heterocycles. The third-order valence-corrected chi connectivity index (χ3v) is 4.33. The number of aromatic hydroxyl groups is 1. The predicted molar refractivity (Wildman–Crippen MR) is 101 cm³/mol. The number of benzene rings is 2. The van der Waals surface area contributed by atoms with Crippen LogP contribution in [-0.2, 0) is 12.6 Å². The molecule has 4 nitrogen and oxygen atoms in total. The van der Waals surface area contributed by atoms with E-state index in [0.717, 1.165) is 22.4 Å². The average Bonchev–Trinajstić information content (AvgIpc) is 2.91. The zero-order chi connectivity index (χ0) is 19.8. The molecule has 3 rings (SSSR count). The molecule has 0 fully saturated rings. The molecule has 0 atom stereocenters. The van der Waals surface area contributed by atoms with Crippen LogP contribution in [0.1, 0.15) is 16.7 Å². The number of hydrogen-bond acceptors (Lipinski definition) is 3. The van der Waals surface area contributed by atoms with E-state index >= 15 is 0 Å². The number of aromatic nitrogens is 2. The van der Waals surface area contributed by atoms with Gasteiger partial charge in [-0.2, -0.15) is 23.0 Å². The van der Waals surface area contributed by atoms with Gasteiger partial charge in [0.2, 0.25) is 5.88 Å². The predicted octanol–water partition coefficient (Wildman–Crippen LogP) is 4.61. The van der Waals surface area contributed by atoms with Crippen molar-refractivity contribution < 1.29 is 18.3 Å². The van der Waals surface area contributed by atoms with Gasteiger partial charge in [0.1, 0.15) is 5.69 Å². The molecule has 1 heterocycles. The van der Waals surface area contributed by atoms with Crippen molar-refractivity contribution >= 4 is 28.9 Å². The second kappa shape index (κ2) is 7.21. The van der Waals surface area contributed by atoms with Gasteiger partial charge in [-0.3, -0.25) is 0 Å². The largest absolute Gasteiger partial charge is 0.493 e. The smallest absolute Gasteiger partial charge is 0.416 e. The first-order valence-electron chi connectivity index (χ1n) is 7.69. The number of nitrogens with two attached hydrogens (primary N) is 1. The molecular formula is C18H13ClF3N3OS. The fourth-order valence-electron chi connectivity index (χ4n) is 2.66. The molecule has 0 bridgehead atoms. The molecule has 27 heavy (non-hydrogen) atoms. The zero-order valence-electron chi connectivity index (χ0n) is 13.7. The minimum Gasteiger partial charge on any atom is -0.493 e. The van der Waals surface area contributed by atoms with E-state index in [1.165, 1.54) is 12.1 Å². The van der Waals surface area contributed by atoms with Crippen LogP contribution in [0.15, 0.2) is 48.5 Å². The minimum atomic E-state index is -4.44. The lowest BCUT2D eigenvalue weighted by Gasteiger charge is -2.08. The highest BCUT2D eigenvalue weighted by Crippen LogP contribution is 2.35. The molecule has 2 aromatic carbocycles. The third-order valence-electron chi connectivity index (χ3n) is 3.92. The molecule has 1 aromatic heterocycles. The maximum absolute atomic E-state index is 12.8. The maximum Gasteiger partial charge on any atom is 0.416 e. The van der Waals surface area contributed by atoms with Crippen molar-refractivity contribution in [3.63, 3.8) is 0 Å². The molecule has 0 unspecified atom stereocenters. The molecule has 3 aromatic rings. The SMILES string of the molecule is NC(=S)n1nc(-c2ccc(C(F)(F)F)cc2)c(Cc2cccc(Cl)c2)c1O. The Morgan fingerprint density at radius 2 is 1.85 bits per heavy atom. The topological polar surface area (TPSA) is 64.1 Å². The third kappa shape index (κ3) is 4.06. The Kier molecular flexibility index (Phi) is 5.12. The van der Waals surface area contributed by atoms with Crippen LogP contribution < -0.4 is 5.73 Å². The Hall–Kier alpha value is -2.58. The molecular weight excluding hydrogens is 399 g/mol. The molecule has 9 heteroatoms. The summed E-state index contributed by atoms with van der Waals surface area (Å²) >= 11 is 10.9. The van der Waals surface area contributed by atoms with Crippen LogP contribution in [0.4, 0.5) is 13.2 Å². The Morgan fingerprint density at radius 3 is 2.41 bits per heavy atom. The van der Waals surface area contributed by atoms with Gasteiger partial charge in [0.15, 0.2) is 5.11 Å². The maximum atomic E-state index is 12.8. The van der Waals surface area contributed by atoms with E-state index < -0.39 is 11.7 Å². The number of hydrogen-bond donors (Lipinski definition) is 2. The van der Waals surface area contributed by atoms with Gasteiger partial charge in [0.25, 0.3) is 0 Å². The molecule has 0 radical (unpaired) electrons. The number of rotatable bonds is 3. The number of alkyl halides is 3. The fourth-order valence-corrected chi connectivity index (χ4v) is 3.00. The van der Waals surface area contributed by atoms with E-state index in [4.69, 9.17) is 29.6 Å². The summed E-state index contributed by atoms with van der Waals surface area (Å²) in [6.45, 7) is 0. The first-order valence-corrected chi connectivity index (χ1v) is 8.48. The van der Waals surface area contributed by atoms with Gasteiger partial charge in [-0.05, 0) is 42.0 Å². The van der Waals surface area contributed by atoms with Crippen LogP contribution in [0.2, 0.25) is 5.02 Å². The van der Waals surface area contributed by atoms with Crippen LogP contribution in [0.25, 0.3) is 11.3 Å². The van der Waals surface area contributed by atoms with E-state index in [1.807, 2.05) is 0 Å². The summed E-state index contributed by atoms with van der Waals surface area (Å²) in [5.41, 5.74) is 6.64. The Bertz CT molecular complexity index is 1000. The van der Waals surface area contributed by atoms with Crippen LogP contribution in [-0.4, -0.2) is 20.0 Å².